The number of hydrogen-bond acceptors (Lipinski definition) is 3. The Morgan fingerprint density at radius 3 is 2.62 bits per heavy atom. The Morgan fingerprint density at radius 2 is 2.00 bits per heavy atom. The molecule has 0 saturated carbocycles. The highest BCUT2D eigenvalue weighted by atomic mass is 127. The van der Waals surface area contributed by atoms with Crippen LogP contribution in [0, 0.1) is 0 Å². The average molecular weight is 443 g/mol. The molecule has 0 atom stereocenters. The van der Waals surface area contributed by atoms with Gasteiger partial charge in [0, 0.05) is 39.6 Å². The van der Waals surface area contributed by atoms with Crippen molar-refractivity contribution in [3.63, 3.8) is 0 Å². The smallest absolute Gasteiger partial charge is 0.191 e. The molecule has 0 aliphatic heterocycles. The Labute approximate surface area is 160 Å². The molecule has 2 rings (SSSR count). The van der Waals surface area contributed by atoms with E-state index >= 15 is 0 Å². The van der Waals surface area contributed by atoms with E-state index in [0.717, 1.165) is 17.2 Å². The van der Waals surface area contributed by atoms with E-state index in [9.17, 15) is 0 Å². The maximum absolute atomic E-state index is 5.41. The molecule has 7 heteroatoms. The lowest BCUT2D eigenvalue weighted by Gasteiger charge is -2.24. The van der Waals surface area contributed by atoms with Crippen LogP contribution in [0.1, 0.15) is 19.4 Å². The first-order valence-corrected chi connectivity index (χ1v) is 7.63. The van der Waals surface area contributed by atoms with Gasteiger partial charge in [-0.2, -0.15) is 5.10 Å². The number of para-hydroxylation sites is 1. The molecule has 24 heavy (non-hydrogen) atoms. The molecule has 0 radical (unpaired) electrons. The second-order valence-corrected chi connectivity index (χ2v) is 5.82. The fraction of sp³-hybridized carbons (Fsp3) is 0.412. The fourth-order valence-electron chi connectivity index (χ4n) is 2.06. The van der Waals surface area contributed by atoms with E-state index in [1.807, 2.05) is 49.0 Å². The van der Waals surface area contributed by atoms with Gasteiger partial charge in [-0.1, -0.05) is 18.2 Å². The molecule has 0 fully saturated rings. The van der Waals surface area contributed by atoms with Crippen LogP contribution in [0.3, 0.4) is 0 Å². The average Bonchev–Trinajstić information content (AvgIpc) is 3.09. The van der Waals surface area contributed by atoms with Crippen LogP contribution in [-0.4, -0.2) is 42.0 Å². The van der Waals surface area contributed by atoms with Gasteiger partial charge in [0.1, 0.15) is 0 Å². The second-order valence-electron chi connectivity index (χ2n) is 5.82. The third-order valence-electron chi connectivity index (χ3n) is 3.65. The zero-order valence-corrected chi connectivity index (χ0v) is 16.9. The van der Waals surface area contributed by atoms with E-state index in [1.165, 1.54) is 0 Å². The van der Waals surface area contributed by atoms with Crippen LogP contribution < -0.4 is 10.6 Å². The summed E-state index contributed by atoms with van der Waals surface area (Å²) in [6.07, 6.45) is 3.71. The first kappa shape index (κ1) is 20.4. The Balaban J connectivity index is 0.00000288. The molecule has 2 aromatic rings. The van der Waals surface area contributed by atoms with Crippen molar-refractivity contribution in [1.29, 1.82) is 0 Å². The summed E-state index contributed by atoms with van der Waals surface area (Å²) in [6, 6.07) is 10.1. The molecule has 1 heterocycles. The van der Waals surface area contributed by atoms with Crippen molar-refractivity contribution in [2.24, 2.45) is 4.99 Å². The van der Waals surface area contributed by atoms with Gasteiger partial charge in [0.05, 0.1) is 11.3 Å². The van der Waals surface area contributed by atoms with E-state index in [4.69, 9.17) is 4.74 Å². The number of methoxy groups -OCH3 is 1. The molecule has 2 N–H and O–H groups in total. The summed E-state index contributed by atoms with van der Waals surface area (Å²) < 4.78 is 7.27. The minimum atomic E-state index is -0.245. The summed E-state index contributed by atoms with van der Waals surface area (Å²) in [6.45, 7) is 5.38. The number of ether oxygens (including phenoxy) is 1. The number of hydrogen-bond donors (Lipinski definition) is 2. The molecule has 1 aromatic carbocycles. The monoisotopic (exact) mass is 443 g/mol. The van der Waals surface area contributed by atoms with Crippen molar-refractivity contribution in [3.8, 4) is 5.69 Å². The predicted molar refractivity (Wildman–Crippen MR) is 108 cm³/mol. The highest BCUT2D eigenvalue weighted by Gasteiger charge is 2.16. The number of nitrogens with one attached hydrogen (secondary N) is 2. The quantitative estimate of drug-likeness (QED) is 0.410. The Hall–Kier alpha value is -1.61. The lowest BCUT2D eigenvalue weighted by atomic mass is 10.1. The summed E-state index contributed by atoms with van der Waals surface area (Å²) in [4.78, 5) is 4.25. The second kappa shape index (κ2) is 9.63. The highest BCUT2D eigenvalue weighted by molar-refractivity contribution is 14.0. The van der Waals surface area contributed by atoms with Gasteiger partial charge in [0.25, 0.3) is 0 Å². The van der Waals surface area contributed by atoms with Crippen molar-refractivity contribution < 1.29 is 4.74 Å². The third kappa shape index (κ3) is 5.79. The number of guanidine groups is 1. The number of halogens is 1. The van der Waals surface area contributed by atoms with Gasteiger partial charge in [-0.05, 0) is 31.5 Å². The molecular formula is C17H26IN5O. The van der Waals surface area contributed by atoms with Gasteiger partial charge < -0.3 is 15.4 Å². The number of nitrogens with zero attached hydrogens (tertiary/aromatic N) is 3. The molecule has 0 aliphatic rings. The molecule has 0 spiro atoms. The summed E-state index contributed by atoms with van der Waals surface area (Å²) in [5.74, 6) is 0.741. The molecule has 0 amide bonds. The minimum absolute atomic E-state index is 0. The number of aromatic nitrogens is 2. The number of benzene rings is 1. The van der Waals surface area contributed by atoms with Crippen molar-refractivity contribution >= 4 is 29.9 Å². The largest absolute Gasteiger partial charge is 0.377 e. The van der Waals surface area contributed by atoms with Gasteiger partial charge >= 0.3 is 0 Å². The van der Waals surface area contributed by atoms with Crippen LogP contribution in [-0.2, 0) is 11.3 Å². The summed E-state index contributed by atoms with van der Waals surface area (Å²) in [5, 5.41) is 10.9. The van der Waals surface area contributed by atoms with Crippen LogP contribution in [0.4, 0.5) is 0 Å². The maximum Gasteiger partial charge on any atom is 0.191 e. The SMILES string of the molecule is CN=C(NCc1ccccc1-n1cccn1)NCC(C)(C)OC.I. The van der Waals surface area contributed by atoms with Gasteiger partial charge in [0.15, 0.2) is 5.96 Å². The number of rotatable bonds is 6. The van der Waals surface area contributed by atoms with Crippen LogP contribution >= 0.6 is 24.0 Å². The summed E-state index contributed by atoms with van der Waals surface area (Å²) >= 11 is 0. The first-order valence-electron chi connectivity index (χ1n) is 7.63. The topological polar surface area (TPSA) is 63.5 Å². The number of aliphatic imine (C=N–C) groups is 1. The Kier molecular flexibility index (Phi) is 8.20. The van der Waals surface area contributed by atoms with E-state index in [0.29, 0.717) is 13.1 Å². The molecule has 0 saturated heterocycles. The van der Waals surface area contributed by atoms with Crippen LogP contribution in [0.15, 0.2) is 47.7 Å². The van der Waals surface area contributed by atoms with Crippen molar-refractivity contribution in [1.82, 2.24) is 20.4 Å². The van der Waals surface area contributed by atoms with E-state index in [1.54, 1.807) is 20.4 Å². The first-order chi connectivity index (χ1) is 11.1. The van der Waals surface area contributed by atoms with Gasteiger partial charge in [-0.3, -0.25) is 4.99 Å². The fourth-order valence-corrected chi connectivity index (χ4v) is 2.06. The van der Waals surface area contributed by atoms with E-state index < -0.39 is 0 Å². The standard InChI is InChI=1S/C17H25N5O.HI/c1-17(2,23-4)13-20-16(18-3)19-12-14-8-5-6-9-15(14)22-11-7-10-21-22;/h5-11H,12-13H2,1-4H3,(H2,18,19,20);1H. The molecule has 0 unspecified atom stereocenters. The zero-order chi connectivity index (χ0) is 16.7. The third-order valence-corrected chi connectivity index (χ3v) is 3.65. The van der Waals surface area contributed by atoms with E-state index in [2.05, 4.69) is 26.8 Å². The van der Waals surface area contributed by atoms with E-state index in [-0.39, 0.29) is 29.6 Å². The molecule has 6 nitrogen and oxygen atoms in total. The molecule has 0 aliphatic carbocycles. The van der Waals surface area contributed by atoms with Gasteiger partial charge in [-0.25, -0.2) is 4.68 Å². The molecular weight excluding hydrogens is 417 g/mol. The lowest BCUT2D eigenvalue weighted by Crippen LogP contribution is -2.45. The molecule has 1 aromatic heterocycles. The summed E-state index contributed by atoms with van der Waals surface area (Å²) in [7, 11) is 3.47. The van der Waals surface area contributed by atoms with Crippen LogP contribution in [0.5, 0.6) is 0 Å². The molecule has 132 valence electrons. The molecule has 0 bridgehead atoms. The Morgan fingerprint density at radius 1 is 1.25 bits per heavy atom. The van der Waals surface area contributed by atoms with Crippen molar-refractivity contribution in [3.05, 3.63) is 48.3 Å². The van der Waals surface area contributed by atoms with Gasteiger partial charge in [-0.15, -0.1) is 24.0 Å². The minimum Gasteiger partial charge on any atom is -0.377 e. The summed E-state index contributed by atoms with van der Waals surface area (Å²) in [5.41, 5.74) is 1.95. The Bertz CT molecular complexity index is 640. The van der Waals surface area contributed by atoms with Gasteiger partial charge in [0.2, 0.25) is 0 Å². The zero-order valence-electron chi connectivity index (χ0n) is 14.6. The maximum atomic E-state index is 5.41. The van der Waals surface area contributed by atoms with Crippen LogP contribution in [0.25, 0.3) is 5.69 Å². The highest BCUT2D eigenvalue weighted by Crippen LogP contribution is 2.13. The van der Waals surface area contributed by atoms with Crippen LogP contribution in [0.2, 0.25) is 0 Å². The normalized spacial score (nSPS) is 11.8. The lowest BCUT2D eigenvalue weighted by molar-refractivity contribution is 0.0268. The van der Waals surface area contributed by atoms with Crippen molar-refractivity contribution in [2.45, 2.75) is 26.0 Å². The van der Waals surface area contributed by atoms with Crippen molar-refractivity contribution in [2.75, 3.05) is 20.7 Å². The predicted octanol–water partition coefficient (Wildman–Crippen LogP) is 2.58.